The molecule has 0 aliphatic heterocycles. The number of hydrogen-bond acceptors (Lipinski definition) is 3. The second-order valence-electron chi connectivity index (χ2n) is 5.55. The highest BCUT2D eigenvalue weighted by Crippen LogP contribution is 2.20. The Labute approximate surface area is 145 Å². The van der Waals surface area contributed by atoms with E-state index in [1.54, 1.807) is 29.7 Å². The molecule has 5 heteroatoms. The Bertz CT molecular complexity index is 755. The van der Waals surface area contributed by atoms with E-state index in [2.05, 4.69) is 10.6 Å². The normalized spacial score (nSPS) is 13.7. The van der Waals surface area contributed by atoms with E-state index >= 15 is 0 Å². The summed E-state index contributed by atoms with van der Waals surface area (Å²) < 4.78 is 0. The van der Waals surface area contributed by atoms with Crippen LogP contribution in [0.5, 0.6) is 0 Å². The Morgan fingerprint density at radius 2 is 1.83 bits per heavy atom. The van der Waals surface area contributed by atoms with Crippen molar-refractivity contribution in [3.05, 3.63) is 71.6 Å². The highest BCUT2D eigenvalue weighted by Gasteiger charge is 2.23. The van der Waals surface area contributed by atoms with E-state index in [4.69, 9.17) is 0 Å². The maximum Gasteiger partial charge on any atom is 0.251 e. The minimum absolute atomic E-state index is 0.0937. The zero-order valence-corrected chi connectivity index (χ0v) is 13.9. The van der Waals surface area contributed by atoms with Gasteiger partial charge in [0.2, 0.25) is 5.91 Å². The number of thioether (sulfide) groups is 1. The van der Waals surface area contributed by atoms with E-state index in [9.17, 15) is 9.59 Å². The highest BCUT2D eigenvalue weighted by molar-refractivity contribution is 8.02. The number of carbonyl (C=O) groups excluding carboxylic acids is 2. The molecule has 3 rings (SSSR count). The Kier molecular flexibility index (Phi) is 5.33. The van der Waals surface area contributed by atoms with Crippen LogP contribution < -0.4 is 10.6 Å². The van der Waals surface area contributed by atoms with Crippen LogP contribution in [0.25, 0.3) is 0 Å². The first-order valence-electron chi connectivity index (χ1n) is 7.81. The third-order valence-electron chi connectivity index (χ3n) is 3.47. The summed E-state index contributed by atoms with van der Waals surface area (Å²) in [6, 6.07) is 17.1. The Morgan fingerprint density at radius 3 is 2.58 bits per heavy atom. The molecule has 0 bridgehead atoms. The molecule has 24 heavy (non-hydrogen) atoms. The zero-order chi connectivity index (χ0) is 16.8. The van der Waals surface area contributed by atoms with E-state index in [0.717, 1.165) is 17.7 Å². The van der Waals surface area contributed by atoms with Crippen LogP contribution in [0, 0.1) is 0 Å². The topological polar surface area (TPSA) is 58.2 Å². The van der Waals surface area contributed by atoms with Crippen LogP contribution in [0.4, 0.5) is 5.69 Å². The molecule has 2 N–H and O–H groups in total. The number of benzene rings is 2. The second-order valence-corrected chi connectivity index (χ2v) is 6.53. The molecule has 1 aliphatic rings. The molecule has 122 valence electrons. The molecule has 4 nitrogen and oxygen atoms in total. The lowest BCUT2D eigenvalue weighted by Crippen LogP contribution is -2.25. The molecule has 0 heterocycles. The van der Waals surface area contributed by atoms with Crippen molar-refractivity contribution in [1.29, 1.82) is 0 Å². The Balaban J connectivity index is 1.54. The monoisotopic (exact) mass is 338 g/mol. The number of carbonyl (C=O) groups is 2. The van der Waals surface area contributed by atoms with Crippen molar-refractivity contribution in [3.8, 4) is 0 Å². The van der Waals surface area contributed by atoms with E-state index < -0.39 is 0 Å². The van der Waals surface area contributed by atoms with Crippen molar-refractivity contribution in [3.63, 3.8) is 0 Å². The number of anilines is 1. The second kappa shape index (κ2) is 7.84. The first-order chi connectivity index (χ1) is 11.7. The molecule has 0 saturated heterocycles. The summed E-state index contributed by atoms with van der Waals surface area (Å²) in [5.41, 5.74) is 1.17. The molecule has 0 aromatic heterocycles. The third-order valence-corrected chi connectivity index (χ3v) is 4.29. The first kappa shape index (κ1) is 16.3. The largest absolute Gasteiger partial charge is 0.349 e. The van der Waals surface area contributed by atoms with Gasteiger partial charge in [0.1, 0.15) is 0 Å². The SMILES string of the molecule is O=C(C=CSc1ccccc1)Nc1cccc(C(=O)NC2CC2)c1. The molecule has 0 spiro atoms. The summed E-state index contributed by atoms with van der Waals surface area (Å²) in [5.74, 6) is -0.318. The van der Waals surface area contributed by atoms with Gasteiger partial charge >= 0.3 is 0 Å². The molecule has 0 atom stereocenters. The molecule has 2 aromatic carbocycles. The zero-order valence-electron chi connectivity index (χ0n) is 13.1. The molecule has 2 aromatic rings. The van der Waals surface area contributed by atoms with Crippen molar-refractivity contribution in [2.75, 3.05) is 5.32 Å². The predicted molar refractivity (Wildman–Crippen MR) is 97.0 cm³/mol. The van der Waals surface area contributed by atoms with E-state index in [0.29, 0.717) is 17.3 Å². The van der Waals surface area contributed by atoms with Crippen LogP contribution in [0.15, 0.2) is 71.0 Å². The van der Waals surface area contributed by atoms with Gasteiger partial charge in [0, 0.05) is 28.3 Å². The number of amides is 2. The smallest absolute Gasteiger partial charge is 0.251 e. The van der Waals surface area contributed by atoms with E-state index in [1.807, 2.05) is 30.3 Å². The van der Waals surface area contributed by atoms with Crippen LogP contribution in [0.3, 0.4) is 0 Å². The summed E-state index contributed by atoms with van der Waals surface area (Å²) in [6.07, 6.45) is 3.58. The lowest BCUT2D eigenvalue weighted by molar-refractivity contribution is -0.111. The van der Waals surface area contributed by atoms with Gasteiger partial charge in [0.25, 0.3) is 5.91 Å². The van der Waals surface area contributed by atoms with Gasteiger partial charge in [-0.3, -0.25) is 9.59 Å². The van der Waals surface area contributed by atoms with Crippen molar-refractivity contribution in [2.24, 2.45) is 0 Å². The van der Waals surface area contributed by atoms with Gasteiger partial charge < -0.3 is 10.6 Å². The average molecular weight is 338 g/mol. The molecular weight excluding hydrogens is 320 g/mol. The lowest BCUT2D eigenvalue weighted by Gasteiger charge is -2.06. The average Bonchev–Trinajstić information content (AvgIpc) is 3.40. The summed E-state index contributed by atoms with van der Waals surface area (Å²) in [5, 5.41) is 7.45. The Hall–Kier alpha value is -2.53. The van der Waals surface area contributed by atoms with Crippen molar-refractivity contribution < 1.29 is 9.59 Å². The van der Waals surface area contributed by atoms with Gasteiger partial charge in [0.15, 0.2) is 0 Å². The van der Waals surface area contributed by atoms with Gasteiger partial charge in [-0.2, -0.15) is 0 Å². The summed E-state index contributed by atoms with van der Waals surface area (Å²) >= 11 is 1.48. The minimum atomic E-state index is -0.224. The number of hydrogen-bond donors (Lipinski definition) is 2. The van der Waals surface area contributed by atoms with Gasteiger partial charge in [-0.1, -0.05) is 36.0 Å². The molecule has 1 aliphatic carbocycles. The van der Waals surface area contributed by atoms with Crippen LogP contribution in [0.2, 0.25) is 0 Å². The predicted octanol–water partition coefficient (Wildman–Crippen LogP) is 3.82. The lowest BCUT2D eigenvalue weighted by atomic mass is 10.2. The molecule has 1 saturated carbocycles. The number of nitrogens with one attached hydrogen (secondary N) is 2. The first-order valence-corrected chi connectivity index (χ1v) is 8.69. The van der Waals surface area contributed by atoms with Crippen molar-refractivity contribution >= 4 is 29.3 Å². The van der Waals surface area contributed by atoms with E-state index in [-0.39, 0.29) is 11.8 Å². The van der Waals surface area contributed by atoms with E-state index in [1.165, 1.54) is 17.8 Å². The molecule has 1 fully saturated rings. The van der Waals surface area contributed by atoms with Gasteiger partial charge in [-0.05, 0) is 48.6 Å². The van der Waals surface area contributed by atoms with Crippen LogP contribution in [-0.2, 0) is 4.79 Å². The number of rotatable bonds is 6. The van der Waals surface area contributed by atoms with Gasteiger partial charge in [-0.25, -0.2) is 0 Å². The van der Waals surface area contributed by atoms with Crippen LogP contribution in [-0.4, -0.2) is 17.9 Å². The fourth-order valence-electron chi connectivity index (χ4n) is 2.09. The Morgan fingerprint density at radius 1 is 1.04 bits per heavy atom. The van der Waals surface area contributed by atoms with Crippen molar-refractivity contribution in [2.45, 2.75) is 23.8 Å². The fraction of sp³-hybridized carbons (Fsp3) is 0.158. The maximum atomic E-state index is 12.0. The summed E-state index contributed by atoms with van der Waals surface area (Å²) in [6.45, 7) is 0. The van der Waals surface area contributed by atoms with Crippen LogP contribution in [0.1, 0.15) is 23.2 Å². The molecular formula is C19H18N2O2S. The fourth-order valence-corrected chi connectivity index (χ4v) is 2.76. The summed E-state index contributed by atoms with van der Waals surface area (Å²) in [7, 11) is 0. The maximum absolute atomic E-state index is 12.0. The van der Waals surface area contributed by atoms with Crippen LogP contribution >= 0.6 is 11.8 Å². The molecule has 0 unspecified atom stereocenters. The minimum Gasteiger partial charge on any atom is -0.349 e. The molecule has 2 amide bonds. The highest BCUT2D eigenvalue weighted by atomic mass is 32.2. The molecule has 0 radical (unpaired) electrons. The standard InChI is InChI=1S/C19H18N2O2S/c22-18(11-12-24-17-7-2-1-3-8-17)20-16-6-4-5-14(13-16)19(23)21-15-9-10-15/h1-8,11-13,15H,9-10H2,(H,20,22)(H,21,23). The quantitative estimate of drug-likeness (QED) is 0.622. The summed E-state index contributed by atoms with van der Waals surface area (Å²) in [4.78, 5) is 25.1. The van der Waals surface area contributed by atoms with Crippen molar-refractivity contribution in [1.82, 2.24) is 5.32 Å². The van der Waals surface area contributed by atoms with Gasteiger partial charge in [-0.15, -0.1) is 0 Å². The van der Waals surface area contributed by atoms with Gasteiger partial charge in [0.05, 0.1) is 0 Å². The third kappa shape index (κ3) is 4.99.